The number of anilines is 3. The number of carbonyl (C=O) groups excluding carboxylic acids is 1. The van der Waals surface area contributed by atoms with Crippen molar-refractivity contribution in [3.63, 3.8) is 0 Å². The van der Waals surface area contributed by atoms with Crippen LogP contribution in [0.1, 0.15) is 44.2 Å². The highest BCUT2D eigenvalue weighted by Crippen LogP contribution is 2.39. The van der Waals surface area contributed by atoms with Crippen LogP contribution >= 0.6 is 11.9 Å². The molecule has 3 aromatic rings. The highest BCUT2D eigenvalue weighted by atomic mass is 32.2. The van der Waals surface area contributed by atoms with Crippen LogP contribution in [0.4, 0.5) is 17.2 Å². The zero-order chi connectivity index (χ0) is 26.8. The van der Waals surface area contributed by atoms with E-state index in [0.29, 0.717) is 29.5 Å². The van der Waals surface area contributed by atoms with Crippen molar-refractivity contribution in [3.8, 4) is 22.9 Å². The molecule has 3 N–H and O–H groups in total. The standard InChI is InChI=1S/C29H37N7O2S/c1-19-13-22(14-27(31-19)36-10-2-3-21(16-30)17-36)28-32-33-29(38-28)25-7-4-23(34-39-24-5-6-24)15-26(25)35-11-8-20(18-37)9-12-35/h4,7,13-15,18,20-21,24,34H,2-3,5-6,8-12,16-17,30H2,1H3. The molecule has 0 radical (unpaired) electrons. The summed E-state index contributed by atoms with van der Waals surface area (Å²) in [6.45, 7) is 6.24. The number of pyridine rings is 1. The van der Waals surface area contributed by atoms with Crippen molar-refractivity contribution in [1.29, 1.82) is 0 Å². The van der Waals surface area contributed by atoms with Crippen molar-refractivity contribution in [3.05, 3.63) is 36.0 Å². The summed E-state index contributed by atoms with van der Waals surface area (Å²) in [7, 11) is 0. The van der Waals surface area contributed by atoms with Crippen LogP contribution in [0.3, 0.4) is 0 Å². The molecule has 2 saturated heterocycles. The smallest absolute Gasteiger partial charge is 0.250 e. The number of nitrogens with zero attached hydrogens (tertiary/aromatic N) is 5. The van der Waals surface area contributed by atoms with Crippen LogP contribution in [0.15, 0.2) is 34.7 Å². The van der Waals surface area contributed by atoms with E-state index in [-0.39, 0.29) is 5.92 Å². The van der Waals surface area contributed by atoms with Gasteiger partial charge in [-0.15, -0.1) is 10.2 Å². The Hall–Kier alpha value is -3.11. The molecule has 3 aliphatic rings. The summed E-state index contributed by atoms with van der Waals surface area (Å²) in [6, 6.07) is 10.4. The highest BCUT2D eigenvalue weighted by molar-refractivity contribution is 8.01. The zero-order valence-corrected chi connectivity index (χ0v) is 23.3. The molecule has 4 heterocycles. The predicted octanol–water partition coefficient (Wildman–Crippen LogP) is 4.92. The molecule has 1 aromatic carbocycles. The Balaban J connectivity index is 1.28. The van der Waals surface area contributed by atoms with Gasteiger partial charge in [0.2, 0.25) is 11.8 Å². The van der Waals surface area contributed by atoms with Gasteiger partial charge in [-0.05, 0) is 100 Å². The monoisotopic (exact) mass is 547 g/mol. The van der Waals surface area contributed by atoms with Gasteiger partial charge in [0.15, 0.2) is 0 Å². The van der Waals surface area contributed by atoms with Crippen molar-refractivity contribution in [2.45, 2.75) is 50.7 Å². The van der Waals surface area contributed by atoms with Crippen LogP contribution in [0.25, 0.3) is 22.9 Å². The fourth-order valence-electron chi connectivity index (χ4n) is 5.50. The zero-order valence-electron chi connectivity index (χ0n) is 22.5. The van der Waals surface area contributed by atoms with E-state index >= 15 is 0 Å². The summed E-state index contributed by atoms with van der Waals surface area (Å²) in [5, 5.41) is 9.64. The number of nitrogens with two attached hydrogens (primary N) is 1. The van der Waals surface area contributed by atoms with Crippen molar-refractivity contribution >= 4 is 35.4 Å². The molecule has 39 heavy (non-hydrogen) atoms. The lowest BCUT2D eigenvalue weighted by Crippen LogP contribution is -2.38. The van der Waals surface area contributed by atoms with Crippen LogP contribution in [0.2, 0.25) is 0 Å². The molecule has 1 atom stereocenters. The Morgan fingerprint density at radius 2 is 1.87 bits per heavy atom. The molecule has 6 rings (SSSR count). The fourth-order valence-corrected chi connectivity index (χ4v) is 6.30. The summed E-state index contributed by atoms with van der Waals surface area (Å²) < 4.78 is 9.83. The summed E-state index contributed by atoms with van der Waals surface area (Å²) >= 11 is 1.79. The number of nitrogens with one attached hydrogen (secondary N) is 1. The highest BCUT2D eigenvalue weighted by Gasteiger charge is 2.26. The van der Waals surface area contributed by atoms with E-state index < -0.39 is 0 Å². The normalized spacial score (nSPS) is 20.3. The average molecular weight is 548 g/mol. The van der Waals surface area contributed by atoms with Gasteiger partial charge in [0.25, 0.3) is 0 Å². The minimum atomic E-state index is 0.135. The van der Waals surface area contributed by atoms with E-state index in [0.717, 1.165) is 85.7 Å². The molecule has 10 heteroatoms. The first kappa shape index (κ1) is 26.1. The number of benzene rings is 1. The number of hydrogen-bond acceptors (Lipinski definition) is 10. The molecule has 2 aromatic heterocycles. The third-order valence-electron chi connectivity index (χ3n) is 7.96. The number of aromatic nitrogens is 3. The van der Waals surface area contributed by atoms with Crippen molar-refractivity contribution in [2.75, 3.05) is 47.2 Å². The van der Waals surface area contributed by atoms with Gasteiger partial charge < -0.3 is 29.5 Å². The van der Waals surface area contributed by atoms with Gasteiger partial charge in [-0.3, -0.25) is 0 Å². The molecule has 2 aliphatic heterocycles. The second kappa shape index (κ2) is 11.6. The lowest BCUT2D eigenvalue weighted by molar-refractivity contribution is -0.111. The molecule has 0 spiro atoms. The summed E-state index contributed by atoms with van der Waals surface area (Å²) in [4.78, 5) is 20.8. The third kappa shape index (κ3) is 6.06. The number of aldehydes is 1. The van der Waals surface area contributed by atoms with Crippen LogP contribution in [-0.2, 0) is 4.79 Å². The molecular weight excluding hydrogens is 510 g/mol. The second-order valence-electron chi connectivity index (χ2n) is 11.1. The molecule has 9 nitrogen and oxygen atoms in total. The molecular formula is C29H37N7O2S. The lowest BCUT2D eigenvalue weighted by Gasteiger charge is -2.33. The molecule has 206 valence electrons. The third-order valence-corrected chi connectivity index (χ3v) is 9.12. The SMILES string of the molecule is Cc1cc(-c2nnc(-c3ccc(NSC4CC4)cc3N3CCC(C=O)CC3)o2)cc(N2CCCC(CN)C2)n1. The molecule has 1 saturated carbocycles. The summed E-state index contributed by atoms with van der Waals surface area (Å²) in [5.74, 6) is 2.55. The van der Waals surface area contributed by atoms with Gasteiger partial charge in [0.1, 0.15) is 12.1 Å². The first-order valence-corrected chi connectivity index (χ1v) is 15.0. The molecule has 3 fully saturated rings. The van der Waals surface area contributed by atoms with E-state index in [1.165, 1.54) is 19.3 Å². The number of aryl methyl sites for hydroxylation is 1. The summed E-state index contributed by atoms with van der Waals surface area (Å²) in [5.41, 5.74) is 10.8. The van der Waals surface area contributed by atoms with Crippen molar-refractivity contribution < 1.29 is 9.21 Å². The Kier molecular flexibility index (Phi) is 7.74. The van der Waals surface area contributed by atoms with Gasteiger partial charge in [-0.1, -0.05) is 0 Å². The quantitative estimate of drug-likeness (QED) is 0.283. The second-order valence-corrected chi connectivity index (χ2v) is 12.2. The van der Waals surface area contributed by atoms with Crippen LogP contribution in [-0.4, -0.2) is 59.4 Å². The van der Waals surface area contributed by atoms with Crippen molar-refractivity contribution in [1.82, 2.24) is 15.2 Å². The molecule has 1 unspecified atom stereocenters. The maximum atomic E-state index is 11.3. The topological polar surface area (TPSA) is 113 Å². The van der Waals surface area contributed by atoms with E-state index in [4.69, 9.17) is 15.1 Å². The summed E-state index contributed by atoms with van der Waals surface area (Å²) in [6.07, 6.45) is 7.64. The number of piperidine rings is 2. The Bertz CT molecular complexity index is 1300. The van der Waals surface area contributed by atoms with E-state index in [2.05, 4.69) is 49.0 Å². The van der Waals surface area contributed by atoms with Gasteiger partial charge >= 0.3 is 0 Å². The maximum absolute atomic E-state index is 11.3. The van der Waals surface area contributed by atoms with Crippen molar-refractivity contribution in [2.24, 2.45) is 17.6 Å². The van der Waals surface area contributed by atoms with Crippen LogP contribution < -0.4 is 20.3 Å². The minimum absolute atomic E-state index is 0.135. The predicted molar refractivity (Wildman–Crippen MR) is 157 cm³/mol. The first-order valence-electron chi connectivity index (χ1n) is 14.1. The Labute approximate surface area is 234 Å². The van der Waals surface area contributed by atoms with E-state index in [1.54, 1.807) is 11.9 Å². The molecule has 0 amide bonds. The Morgan fingerprint density at radius 1 is 1.05 bits per heavy atom. The van der Waals surface area contributed by atoms with Gasteiger partial charge in [0, 0.05) is 54.3 Å². The lowest BCUT2D eigenvalue weighted by atomic mass is 9.97. The number of carbonyl (C=O) groups is 1. The minimum Gasteiger partial charge on any atom is -0.416 e. The van der Waals surface area contributed by atoms with Gasteiger partial charge in [0.05, 0.1) is 11.3 Å². The Morgan fingerprint density at radius 3 is 2.64 bits per heavy atom. The van der Waals surface area contributed by atoms with E-state index in [9.17, 15) is 4.79 Å². The molecule has 0 bridgehead atoms. The largest absolute Gasteiger partial charge is 0.416 e. The number of hydrogen-bond donors (Lipinski definition) is 2. The average Bonchev–Trinajstić information content (AvgIpc) is 3.69. The number of rotatable bonds is 9. The molecule has 1 aliphatic carbocycles. The van der Waals surface area contributed by atoms with Gasteiger partial charge in [-0.2, -0.15) is 0 Å². The maximum Gasteiger partial charge on any atom is 0.250 e. The van der Waals surface area contributed by atoms with E-state index in [1.807, 2.05) is 13.0 Å². The first-order chi connectivity index (χ1) is 19.1. The van der Waals surface area contributed by atoms with Crippen LogP contribution in [0.5, 0.6) is 0 Å². The van der Waals surface area contributed by atoms with Crippen LogP contribution in [0, 0.1) is 18.8 Å². The van der Waals surface area contributed by atoms with Gasteiger partial charge in [-0.25, -0.2) is 4.98 Å². The fraction of sp³-hybridized carbons (Fsp3) is 0.517.